The number of hydrogen-bond acceptors (Lipinski definition) is 3. The number of H-pyrrole nitrogens is 1. The van der Waals surface area contributed by atoms with E-state index in [4.69, 9.17) is 11.6 Å². The zero-order valence-corrected chi connectivity index (χ0v) is 14.3. The van der Waals surface area contributed by atoms with E-state index in [1.54, 1.807) is 11.1 Å². The monoisotopic (exact) mass is 382 g/mol. The van der Waals surface area contributed by atoms with Crippen molar-refractivity contribution in [3.63, 3.8) is 0 Å². The molecule has 1 aromatic carbocycles. The average molecular weight is 384 g/mol. The Balaban J connectivity index is 2.01. The van der Waals surface area contributed by atoms with E-state index in [0.29, 0.717) is 21.0 Å². The molecule has 1 fully saturated rings. The SMILES string of the molecule is O=C(c1nc[nH]c1Br)N(c1ccccc1Cl)N1CCCCC1. The number of imidazole rings is 1. The molecule has 3 rings (SSSR count). The van der Waals surface area contributed by atoms with Gasteiger partial charge in [0.05, 0.1) is 17.0 Å². The summed E-state index contributed by atoms with van der Waals surface area (Å²) in [6, 6.07) is 7.39. The number of aromatic nitrogens is 2. The second-order valence-corrected chi connectivity index (χ2v) is 6.35. The minimum atomic E-state index is -0.192. The molecule has 22 heavy (non-hydrogen) atoms. The van der Waals surface area contributed by atoms with Crippen LogP contribution in [0.3, 0.4) is 0 Å². The van der Waals surface area contributed by atoms with E-state index in [0.717, 1.165) is 25.9 Å². The molecule has 2 heterocycles. The molecule has 0 unspecified atom stereocenters. The Kier molecular flexibility index (Phi) is 4.81. The number of benzene rings is 1. The van der Waals surface area contributed by atoms with Crippen molar-refractivity contribution in [2.24, 2.45) is 0 Å². The minimum absolute atomic E-state index is 0.192. The van der Waals surface area contributed by atoms with Crippen molar-refractivity contribution < 1.29 is 4.79 Å². The van der Waals surface area contributed by atoms with Gasteiger partial charge < -0.3 is 4.98 Å². The molecule has 2 aromatic rings. The Morgan fingerprint density at radius 3 is 2.64 bits per heavy atom. The van der Waals surface area contributed by atoms with Crippen molar-refractivity contribution >= 4 is 39.1 Å². The van der Waals surface area contributed by atoms with E-state index in [1.165, 1.54) is 12.7 Å². The molecular weight excluding hydrogens is 368 g/mol. The third-order valence-corrected chi connectivity index (χ3v) is 4.61. The van der Waals surface area contributed by atoms with Crippen LogP contribution in [0.25, 0.3) is 0 Å². The first kappa shape index (κ1) is 15.5. The summed E-state index contributed by atoms with van der Waals surface area (Å²) in [4.78, 5) is 20.0. The van der Waals surface area contributed by atoms with E-state index in [1.807, 2.05) is 23.2 Å². The lowest BCUT2D eigenvalue weighted by molar-refractivity contribution is 0.0867. The molecule has 1 aliphatic heterocycles. The van der Waals surface area contributed by atoms with Gasteiger partial charge in [-0.3, -0.25) is 4.79 Å². The fourth-order valence-corrected chi connectivity index (χ4v) is 3.21. The molecule has 1 aromatic heterocycles. The molecule has 1 N–H and O–H groups in total. The third-order valence-electron chi connectivity index (χ3n) is 3.68. The van der Waals surface area contributed by atoms with Crippen LogP contribution in [0.1, 0.15) is 29.8 Å². The van der Waals surface area contributed by atoms with Crippen molar-refractivity contribution in [1.29, 1.82) is 0 Å². The standard InChI is InChI=1S/C15H16BrClN4O/c16-14-13(18-10-19-14)15(22)21(20-8-4-1-5-9-20)12-7-3-2-6-11(12)17/h2-3,6-7,10H,1,4-5,8-9H2,(H,18,19). The van der Waals surface area contributed by atoms with Gasteiger partial charge >= 0.3 is 0 Å². The van der Waals surface area contributed by atoms with Gasteiger partial charge in [-0.05, 0) is 40.9 Å². The van der Waals surface area contributed by atoms with E-state index in [-0.39, 0.29) is 5.91 Å². The molecule has 0 radical (unpaired) electrons. The zero-order chi connectivity index (χ0) is 15.5. The predicted molar refractivity (Wildman–Crippen MR) is 90.0 cm³/mol. The van der Waals surface area contributed by atoms with Gasteiger partial charge in [0.2, 0.25) is 0 Å². The second kappa shape index (κ2) is 6.81. The Morgan fingerprint density at radius 1 is 1.27 bits per heavy atom. The van der Waals surface area contributed by atoms with Crippen LogP contribution in [-0.2, 0) is 0 Å². The largest absolute Gasteiger partial charge is 0.339 e. The van der Waals surface area contributed by atoms with Crippen LogP contribution in [0.4, 0.5) is 5.69 Å². The maximum absolute atomic E-state index is 13.0. The highest BCUT2D eigenvalue weighted by Crippen LogP contribution is 2.30. The fraction of sp³-hybridized carbons (Fsp3) is 0.333. The highest BCUT2D eigenvalue weighted by molar-refractivity contribution is 9.10. The van der Waals surface area contributed by atoms with Crippen LogP contribution >= 0.6 is 27.5 Å². The number of nitrogens with one attached hydrogen (secondary N) is 1. The van der Waals surface area contributed by atoms with E-state index >= 15 is 0 Å². The molecular formula is C15H16BrClN4O. The van der Waals surface area contributed by atoms with Gasteiger partial charge in [0.25, 0.3) is 5.91 Å². The summed E-state index contributed by atoms with van der Waals surface area (Å²) in [5.74, 6) is -0.192. The Bertz CT molecular complexity index is 669. The summed E-state index contributed by atoms with van der Waals surface area (Å²) in [5.41, 5.74) is 1.04. The van der Waals surface area contributed by atoms with Gasteiger partial charge in [-0.25, -0.2) is 15.0 Å². The molecule has 116 valence electrons. The van der Waals surface area contributed by atoms with Gasteiger partial charge in [-0.1, -0.05) is 30.2 Å². The topological polar surface area (TPSA) is 52.2 Å². The summed E-state index contributed by atoms with van der Waals surface area (Å²) in [7, 11) is 0. The van der Waals surface area contributed by atoms with Gasteiger partial charge in [0.15, 0.2) is 5.69 Å². The van der Waals surface area contributed by atoms with E-state index in [2.05, 4.69) is 25.9 Å². The van der Waals surface area contributed by atoms with Crippen molar-refractivity contribution in [3.8, 4) is 0 Å². The summed E-state index contributed by atoms with van der Waals surface area (Å²) in [6.45, 7) is 1.66. The summed E-state index contributed by atoms with van der Waals surface area (Å²) in [5, 5.41) is 4.25. The highest BCUT2D eigenvalue weighted by atomic mass is 79.9. The van der Waals surface area contributed by atoms with Gasteiger partial charge in [0, 0.05) is 13.1 Å². The maximum atomic E-state index is 13.0. The average Bonchev–Trinajstić information content (AvgIpc) is 2.96. The van der Waals surface area contributed by atoms with Crippen molar-refractivity contribution in [1.82, 2.24) is 15.0 Å². The first-order chi connectivity index (χ1) is 10.7. The lowest BCUT2D eigenvalue weighted by Gasteiger charge is -2.37. The molecule has 0 aliphatic carbocycles. The van der Waals surface area contributed by atoms with Crippen LogP contribution in [-0.4, -0.2) is 34.0 Å². The number of halogens is 2. The van der Waals surface area contributed by atoms with Gasteiger partial charge in [0.1, 0.15) is 4.60 Å². The van der Waals surface area contributed by atoms with Crippen molar-refractivity contribution in [2.75, 3.05) is 18.1 Å². The van der Waals surface area contributed by atoms with Crippen molar-refractivity contribution in [3.05, 3.63) is 45.9 Å². The molecule has 0 spiro atoms. The van der Waals surface area contributed by atoms with E-state index in [9.17, 15) is 4.79 Å². The summed E-state index contributed by atoms with van der Waals surface area (Å²) in [6.07, 6.45) is 4.82. The normalized spacial score (nSPS) is 15.7. The quantitative estimate of drug-likeness (QED) is 0.875. The second-order valence-electron chi connectivity index (χ2n) is 5.15. The number of hydrazine groups is 1. The summed E-state index contributed by atoms with van der Waals surface area (Å²) >= 11 is 9.66. The molecule has 1 saturated heterocycles. The van der Waals surface area contributed by atoms with Crippen LogP contribution in [0.2, 0.25) is 5.02 Å². The number of piperidine rings is 1. The number of amides is 1. The van der Waals surface area contributed by atoms with Crippen LogP contribution < -0.4 is 5.01 Å². The van der Waals surface area contributed by atoms with E-state index < -0.39 is 0 Å². The third kappa shape index (κ3) is 3.04. The number of aromatic amines is 1. The zero-order valence-electron chi connectivity index (χ0n) is 11.9. The molecule has 7 heteroatoms. The molecule has 1 amide bonds. The van der Waals surface area contributed by atoms with Crippen LogP contribution in [0.15, 0.2) is 35.2 Å². The van der Waals surface area contributed by atoms with Crippen LogP contribution in [0.5, 0.6) is 0 Å². The first-order valence-electron chi connectivity index (χ1n) is 7.21. The smallest absolute Gasteiger partial charge is 0.294 e. The molecule has 0 bridgehead atoms. The Labute approximate surface area is 142 Å². The molecule has 0 atom stereocenters. The number of carbonyl (C=O) groups is 1. The highest BCUT2D eigenvalue weighted by Gasteiger charge is 2.29. The summed E-state index contributed by atoms with van der Waals surface area (Å²) < 4.78 is 0.576. The fourth-order valence-electron chi connectivity index (χ4n) is 2.62. The molecule has 1 aliphatic rings. The molecule has 0 saturated carbocycles. The van der Waals surface area contributed by atoms with Gasteiger partial charge in [-0.2, -0.15) is 0 Å². The number of anilines is 1. The number of para-hydroxylation sites is 1. The lowest BCUT2D eigenvalue weighted by Crippen LogP contribution is -2.49. The first-order valence-corrected chi connectivity index (χ1v) is 8.38. The Hall–Kier alpha value is -1.37. The van der Waals surface area contributed by atoms with Gasteiger partial charge in [-0.15, -0.1) is 0 Å². The predicted octanol–water partition coefficient (Wildman–Crippen LogP) is 3.87. The maximum Gasteiger partial charge on any atom is 0.294 e. The number of carbonyl (C=O) groups excluding carboxylic acids is 1. The minimum Gasteiger partial charge on any atom is -0.339 e. The molecule has 5 nitrogen and oxygen atoms in total. The Morgan fingerprint density at radius 2 is 2.00 bits per heavy atom. The lowest BCUT2D eigenvalue weighted by atomic mass is 10.1. The number of hydrogen-bond donors (Lipinski definition) is 1. The number of rotatable bonds is 3. The van der Waals surface area contributed by atoms with Crippen molar-refractivity contribution in [2.45, 2.75) is 19.3 Å². The number of nitrogens with zero attached hydrogens (tertiary/aromatic N) is 3. The van der Waals surface area contributed by atoms with Crippen LogP contribution in [0, 0.1) is 0 Å².